The Balaban J connectivity index is 1.56. The van der Waals surface area contributed by atoms with Gasteiger partial charge in [0.1, 0.15) is 5.75 Å². The summed E-state index contributed by atoms with van der Waals surface area (Å²) in [6.45, 7) is 2.34. The molecule has 5 nitrogen and oxygen atoms in total. The number of benzene rings is 2. The highest BCUT2D eigenvalue weighted by Gasteiger charge is 2.08. The molecule has 0 fully saturated rings. The third-order valence-electron chi connectivity index (χ3n) is 3.86. The minimum atomic E-state index is -0.380. The SMILES string of the molecule is COc1ccc(CCC(=O)OCC(=O)NCCSc2ccc(C)cc2)cc1. The Bertz CT molecular complexity index is 729. The molecule has 27 heavy (non-hydrogen) atoms. The third-order valence-corrected chi connectivity index (χ3v) is 4.87. The monoisotopic (exact) mass is 387 g/mol. The van der Waals surface area contributed by atoms with E-state index in [1.54, 1.807) is 18.9 Å². The van der Waals surface area contributed by atoms with Gasteiger partial charge in [-0.3, -0.25) is 9.59 Å². The van der Waals surface area contributed by atoms with Crippen LogP contribution in [-0.4, -0.2) is 37.9 Å². The first kappa shape index (κ1) is 20.8. The van der Waals surface area contributed by atoms with E-state index in [0.29, 0.717) is 13.0 Å². The first-order chi connectivity index (χ1) is 13.1. The van der Waals surface area contributed by atoms with E-state index >= 15 is 0 Å². The van der Waals surface area contributed by atoms with Crippen LogP contribution in [0, 0.1) is 6.92 Å². The van der Waals surface area contributed by atoms with E-state index < -0.39 is 0 Å². The van der Waals surface area contributed by atoms with Crippen LogP contribution in [0.1, 0.15) is 17.5 Å². The Kier molecular flexibility index (Phi) is 8.71. The van der Waals surface area contributed by atoms with Crippen LogP contribution in [0.5, 0.6) is 5.75 Å². The number of amides is 1. The molecule has 0 aliphatic rings. The Hall–Kier alpha value is -2.47. The van der Waals surface area contributed by atoms with Gasteiger partial charge in [0.15, 0.2) is 6.61 Å². The molecule has 0 bridgehead atoms. The molecule has 1 N–H and O–H groups in total. The van der Waals surface area contributed by atoms with Gasteiger partial charge >= 0.3 is 5.97 Å². The average molecular weight is 388 g/mol. The summed E-state index contributed by atoms with van der Waals surface area (Å²) in [4.78, 5) is 24.7. The van der Waals surface area contributed by atoms with Crippen LogP contribution in [0.15, 0.2) is 53.4 Å². The van der Waals surface area contributed by atoms with Crippen LogP contribution in [0.2, 0.25) is 0 Å². The van der Waals surface area contributed by atoms with Crippen molar-refractivity contribution < 1.29 is 19.1 Å². The van der Waals surface area contributed by atoms with Crippen molar-refractivity contribution in [3.63, 3.8) is 0 Å². The lowest BCUT2D eigenvalue weighted by molar-refractivity contribution is -0.148. The second-order valence-electron chi connectivity index (χ2n) is 6.02. The molecule has 0 spiro atoms. The molecule has 0 saturated heterocycles. The number of carbonyl (C=O) groups is 2. The summed E-state index contributed by atoms with van der Waals surface area (Å²) >= 11 is 1.67. The first-order valence-corrected chi connectivity index (χ1v) is 9.80. The molecule has 2 rings (SSSR count). The van der Waals surface area contributed by atoms with Gasteiger partial charge in [-0.25, -0.2) is 0 Å². The van der Waals surface area contributed by atoms with Crippen LogP contribution in [0.3, 0.4) is 0 Å². The Labute approximate surface area is 164 Å². The highest BCUT2D eigenvalue weighted by molar-refractivity contribution is 7.99. The van der Waals surface area contributed by atoms with E-state index in [1.165, 1.54) is 10.5 Å². The normalized spacial score (nSPS) is 10.3. The Morgan fingerprint density at radius 2 is 1.74 bits per heavy atom. The van der Waals surface area contributed by atoms with Crippen LogP contribution < -0.4 is 10.1 Å². The topological polar surface area (TPSA) is 64.6 Å². The summed E-state index contributed by atoms with van der Waals surface area (Å²) in [6, 6.07) is 15.8. The van der Waals surface area contributed by atoms with E-state index in [4.69, 9.17) is 9.47 Å². The number of carbonyl (C=O) groups excluding carboxylic acids is 2. The lowest BCUT2D eigenvalue weighted by Crippen LogP contribution is -2.30. The zero-order chi connectivity index (χ0) is 19.5. The van der Waals surface area contributed by atoms with Gasteiger partial charge < -0.3 is 14.8 Å². The number of hydrogen-bond acceptors (Lipinski definition) is 5. The summed E-state index contributed by atoms with van der Waals surface area (Å²) in [6.07, 6.45) is 0.806. The predicted molar refractivity (Wildman–Crippen MR) is 107 cm³/mol. The first-order valence-electron chi connectivity index (χ1n) is 8.81. The lowest BCUT2D eigenvalue weighted by atomic mass is 10.1. The number of aryl methyl sites for hydroxylation is 2. The smallest absolute Gasteiger partial charge is 0.306 e. The molecule has 0 aromatic heterocycles. The number of hydrogen-bond donors (Lipinski definition) is 1. The fraction of sp³-hybridized carbons (Fsp3) is 0.333. The predicted octanol–water partition coefficient (Wildman–Crippen LogP) is 3.39. The van der Waals surface area contributed by atoms with E-state index in [1.807, 2.05) is 31.2 Å². The molecule has 6 heteroatoms. The molecular weight excluding hydrogens is 362 g/mol. The summed E-state index contributed by atoms with van der Waals surface area (Å²) in [5.41, 5.74) is 2.24. The Morgan fingerprint density at radius 1 is 1.04 bits per heavy atom. The summed E-state index contributed by atoms with van der Waals surface area (Å²) in [5, 5.41) is 2.76. The molecule has 2 aromatic carbocycles. The van der Waals surface area contributed by atoms with Crippen molar-refractivity contribution >= 4 is 23.6 Å². The van der Waals surface area contributed by atoms with Gasteiger partial charge in [0, 0.05) is 23.6 Å². The zero-order valence-electron chi connectivity index (χ0n) is 15.7. The van der Waals surface area contributed by atoms with Crippen molar-refractivity contribution in [1.29, 1.82) is 0 Å². The second-order valence-corrected chi connectivity index (χ2v) is 7.19. The number of methoxy groups -OCH3 is 1. The number of nitrogens with one attached hydrogen (secondary N) is 1. The molecule has 0 aliphatic carbocycles. The van der Waals surface area contributed by atoms with Crippen molar-refractivity contribution in [2.45, 2.75) is 24.7 Å². The van der Waals surface area contributed by atoms with E-state index in [9.17, 15) is 9.59 Å². The van der Waals surface area contributed by atoms with Gasteiger partial charge in [0.05, 0.1) is 7.11 Å². The van der Waals surface area contributed by atoms with E-state index in [-0.39, 0.29) is 24.9 Å². The third kappa shape index (κ3) is 8.17. The van der Waals surface area contributed by atoms with Crippen molar-refractivity contribution in [2.75, 3.05) is 26.0 Å². The molecular formula is C21H25NO4S. The maximum atomic E-state index is 11.8. The quantitative estimate of drug-likeness (QED) is 0.385. The van der Waals surface area contributed by atoms with Gasteiger partial charge in [-0.2, -0.15) is 0 Å². The minimum Gasteiger partial charge on any atom is -0.497 e. The average Bonchev–Trinajstić information content (AvgIpc) is 2.69. The van der Waals surface area contributed by atoms with E-state index in [2.05, 4.69) is 29.6 Å². The van der Waals surface area contributed by atoms with Crippen molar-refractivity contribution in [3.05, 3.63) is 59.7 Å². The van der Waals surface area contributed by atoms with Gasteiger partial charge in [-0.05, 0) is 43.2 Å². The lowest BCUT2D eigenvalue weighted by Gasteiger charge is -2.07. The number of thioether (sulfide) groups is 1. The molecule has 0 radical (unpaired) electrons. The van der Waals surface area contributed by atoms with Crippen LogP contribution in [0.4, 0.5) is 0 Å². The molecule has 0 atom stereocenters. The molecule has 144 valence electrons. The highest BCUT2D eigenvalue weighted by Crippen LogP contribution is 2.17. The van der Waals surface area contributed by atoms with Gasteiger partial charge in [-0.15, -0.1) is 11.8 Å². The largest absolute Gasteiger partial charge is 0.497 e. The van der Waals surface area contributed by atoms with Crippen LogP contribution in [-0.2, 0) is 20.7 Å². The fourth-order valence-corrected chi connectivity index (χ4v) is 3.07. The highest BCUT2D eigenvalue weighted by atomic mass is 32.2. The maximum Gasteiger partial charge on any atom is 0.306 e. The fourth-order valence-electron chi connectivity index (χ4n) is 2.30. The zero-order valence-corrected chi connectivity index (χ0v) is 16.5. The number of ether oxygens (including phenoxy) is 2. The van der Waals surface area contributed by atoms with Gasteiger partial charge in [0.2, 0.25) is 0 Å². The minimum absolute atomic E-state index is 0.239. The Morgan fingerprint density at radius 3 is 2.41 bits per heavy atom. The van der Waals surface area contributed by atoms with E-state index in [0.717, 1.165) is 17.1 Å². The van der Waals surface area contributed by atoms with Gasteiger partial charge in [0.25, 0.3) is 5.91 Å². The molecule has 0 unspecified atom stereocenters. The van der Waals surface area contributed by atoms with Crippen molar-refractivity contribution in [2.24, 2.45) is 0 Å². The second kappa shape index (κ2) is 11.3. The summed E-state index contributed by atoms with van der Waals surface area (Å²) in [7, 11) is 1.61. The summed E-state index contributed by atoms with van der Waals surface area (Å²) in [5.74, 6) is 0.881. The number of rotatable bonds is 10. The van der Waals surface area contributed by atoms with Gasteiger partial charge in [-0.1, -0.05) is 29.8 Å². The van der Waals surface area contributed by atoms with Crippen LogP contribution in [0.25, 0.3) is 0 Å². The number of esters is 1. The standard InChI is InChI=1S/C21H25NO4S/c1-16-3-10-19(11-4-16)27-14-13-22-20(23)15-26-21(24)12-7-17-5-8-18(25-2)9-6-17/h3-6,8-11H,7,12-15H2,1-2H3,(H,22,23). The van der Waals surface area contributed by atoms with Crippen LogP contribution >= 0.6 is 11.8 Å². The van der Waals surface area contributed by atoms with Crippen molar-refractivity contribution in [3.8, 4) is 5.75 Å². The van der Waals surface area contributed by atoms with Crippen molar-refractivity contribution in [1.82, 2.24) is 5.32 Å². The molecule has 0 aliphatic heterocycles. The molecule has 2 aromatic rings. The maximum absolute atomic E-state index is 11.8. The molecule has 0 heterocycles. The molecule has 0 saturated carbocycles. The summed E-state index contributed by atoms with van der Waals surface area (Å²) < 4.78 is 10.1. The molecule has 1 amide bonds.